The third kappa shape index (κ3) is 3.07. The lowest BCUT2D eigenvalue weighted by molar-refractivity contribution is -0.118. The van der Waals surface area contributed by atoms with Gasteiger partial charge in [0.05, 0.1) is 6.04 Å². The molecule has 1 saturated heterocycles. The van der Waals surface area contributed by atoms with Gasteiger partial charge >= 0.3 is 0 Å². The van der Waals surface area contributed by atoms with E-state index in [1.165, 1.54) is 12.8 Å². The van der Waals surface area contributed by atoms with Crippen molar-refractivity contribution in [2.45, 2.75) is 31.7 Å². The van der Waals surface area contributed by atoms with E-state index in [9.17, 15) is 4.79 Å². The summed E-state index contributed by atoms with van der Waals surface area (Å²) in [7, 11) is 0. The van der Waals surface area contributed by atoms with E-state index in [-0.39, 0.29) is 11.9 Å². The summed E-state index contributed by atoms with van der Waals surface area (Å²) >= 11 is 0. The zero-order valence-corrected chi connectivity index (χ0v) is 9.41. The molecule has 0 bridgehead atoms. The van der Waals surface area contributed by atoms with Crippen LogP contribution in [0.15, 0.2) is 30.3 Å². The molecule has 0 saturated carbocycles. The molecule has 1 fully saturated rings. The van der Waals surface area contributed by atoms with Gasteiger partial charge in [0.1, 0.15) is 0 Å². The Kier molecular flexibility index (Phi) is 3.94. The fourth-order valence-corrected chi connectivity index (χ4v) is 2.00. The smallest absolute Gasteiger partial charge is 0.241 e. The van der Waals surface area contributed by atoms with E-state index in [2.05, 4.69) is 10.6 Å². The highest BCUT2D eigenvalue weighted by Gasteiger charge is 2.19. The second kappa shape index (κ2) is 5.66. The third-order valence-corrected chi connectivity index (χ3v) is 2.92. The summed E-state index contributed by atoms with van der Waals surface area (Å²) in [6.07, 6.45) is 4.48. The van der Waals surface area contributed by atoms with Crippen LogP contribution < -0.4 is 10.6 Å². The van der Waals surface area contributed by atoms with Crippen molar-refractivity contribution in [1.82, 2.24) is 5.32 Å². The summed E-state index contributed by atoms with van der Waals surface area (Å²) in [5.74, 6) is 0.0908. The molecule has 2 N–H and O–H groups in total. The van der Waals surface area contributed by atoms with Crippen LogP contribution in [0.5, 0.6) is 0 Å². The highest BCUT2D eigenvalue weighted by Crippen LogP contribution is 2.11. The molecule has 2 rings (SSSR count). The van der Waals surface area contributed by atoms with Gasteiger partial charge < -0.3 is 10.6 Å². The van der Waals surface area contributed by atoms with Gasteiger partial charge in [-0.05, 0) is 31.5 Å². The monoisotopic (exact) mass is 218 g/mol. The molecular formula is C13H18N2O. The Morgan fingerprint density at radius 3 is 2.81 bits per heavy atom. The SMILES string of the molecule is O=C(Nc1ccccc1)C1CCCCCN1. The number of para-hydroxylation sites is 1. The molecule has 1 aromatic carbocycles. The number of nitrogens with one attached hydrogen (secondary N) is 2. The highest BCUT2D eigenvalue weighted by molar-refractivity contribution is 5.94. The second-order valence-corrected chi connectivity index (χ2v) is 4.21. The maximum atomic E-state index is 11.9. The van der Waals surface area contributed by atoms with Crippen LogP contribution in [0.25, 0.3) is 0 Å². The van der Waals surface area contributed by atoms with Crippen molar-refractivity contribution in [1.29, 1.82) is 0 Å². The number of rotatable bonds is 2. The van der Waals surface area contributed by atoms with Crippen LogP contribution in [0, 0.1) is 0 Å². The summed E-state index contributed by atoms with van der Waals surface area (Å²) in [5, 5.41) is 6.23. The molecule has 0 aromatic heterocycles. The molecule has 3 nitrogen and oxygen atoms in total. The van der Waals surface area contributed by atoms with E-state index >= 15 is 0 Å². The summed E-state index contributed by atoms with van der Waals surface area (Å²) in [4.78, 5) is 11.9. The van der Waals surface area contributed by atoms with Crippen LogP contribution in [-0.4, -0.2) is 18.5 Å². The Bertz CT molecular complexity index is 329. The molecule has 1 amide bonds. The minimum Gasteiger partial charge on any atom is -0.325 e. The first kappa shape index (κ1) is 11.1. The molecule has 1 atom stereocenters. The summed E-state index contributed by atoms with van der Waals surface area (Å²) < 4.78 is 0. The van der Waals surface area contributed by atoms with E-state index in [4.69, 9.17) is 0 Å². The number of hydrogen-bond acceptors (Lipinski definition) is 2. The maximum absolute atomic E-state index is 11.9. The Morgan fingerprint density at radius 1 is 1.19 bits per heavy atom. The first-order chi connectivity index (χ1) is 7.86. The van der Waals surface area contributed by atoms with Crippen LogP contribution in [0.1, 0.15) is 25.7 Å². The summed E-state index contributed by atoms with van der Waals surface area (Å²) in [6, 6.07) is 9.59. The molecule has 1 unspecified atom stereocenters. The van der Waals surface area contributed by atoms with Gasteiger partial charge in [-0.2, -0.15) is 0 Å². The fourth-order valence-electron chi connectivity index (χ4n) is 2.00. The number of anilines is 1. The van der Waals surface area contributed by atoms with Crippen molar-refractivity contribution in [3.8, 4) is 0 Å². The van der Waals surface area contributed by atoms with Gasteiger partial charge in [0.15, 0.2) is 0 Å². The summed E-state index contributed by atoms with van der Waals surface area (Å²) in [6.45, 7) is 0.951. The van der Waals surface area contributed by atoms with E-state index in [0.29, 0.717) is 0 Å². The van der Waals surface area contributed by atoms with Crippen molar-refractivity contribution in [3.63, 3.8) is 0 Å². The minimum atomic E-state index is -0.0253. The predicted octanol–water partition coefficient (Wildman–Crippen LogP) is 2.16. The van der Waals surface area contributed by atoms with Crippen LogP contribution in [-0.2, 0) is 4.79 Å². The van der Waals surface area contributed by atoms with Crippen molar-refractivity contribution in [3.05, 3.63) is 30.3 Å². The molecule has 0 spiro atoms. The minimum absolute atomic E-state index is 0.0253. The maximum Gasteiger partial charge on any atom is 0.241 e. The molecule has 1 aliphatic heterocycles. The molecule has 0 aliphatic carbocycles. The lowest BCUT2D eigenvalue weighted by Gasteiger charge is -2.15. The zero-order valence-electron chi connectivity index (χ0n) is 9.41. The first-order valence-electron chi connectivity index (χ1n) is 5.95. The highest BCUT2D eigenvalue weighted by atomic mass is 16.2. The Balaban J connectivity index is 1.92. The Hall–Kier alpha value is -1.35. The second-order valence-electron chi connectivity index (χ2n) is 4.21. The molecule has 1 aliphatic rings. The fraction of sp³-hybridized carbons (Fsp3) is 0.462. The molecule has 1 heterocycles. The number of amides is 1. The average Bonchev–Trinajstić information content (AvgIpc) is 2.59. The van der Waals surface area contributed by atoms with Crippen LogP contribution in [0.3, 0.4) is 0 Å². The molecule has 1 aromatic rings. The van der Waals surface area contributed by atoms with E-state index < -0.39 is 0 Å². The van der Waals surface area contributed by atoms with E-state index in [1.54, 1.807) is 0 Å². The van der Waals surface area contributed by atoms with Gasteiger partial charge in [0.2, 0.25) is 5.91 Å². The predicted molar refractivity (Wildman–Crippen MR) is 65.3 cm³/mol. The average molecular weight is 218 g/mol. The summed E-state index contributed by atoms with van der Waals surface area (Å²) in [5.41, 5.74) is 0.874. The van der Waals surface area contributed by atoms with Crippen molar-refractivity contribution in [2.75, 3.05) is 11.9 Å². The quantitative estimate of drug-likeness (QED) is 0.798. The number of benzene rings is 1. The van der Waals surface area contributed by atoms with Gasteiger partial charge in [0.25, 0.3) is 0 Å². The standard InChI is InChI=1S/C13H18N2O/c16-13(12-9-5-2-6-10-14-12)15-11-7-3-1-4-8-11/h1,3-4,7-8,12,14H,2,5-6,9-10H2,(H,15,16). The topological polar surface area (TPSA) is 41.1 Å². The molecule has 86 valence electrons. The molecule has 3 heteroatoms. The van der Waals surface area contributed by atoms with Crippen LogP contribution in [0.2, 0.25) is 0 Å². The molecule has 16 heavy (non-hydrogen) atoms. The van der Waals surface area contributed by atoms with Crippen molar-refractivity contribution in [2.24, 2.45) is 0 Å². The number of carbonyl (C=O) groups is 1. The number of carbonyl (C=O) groups excluding carboxylic acids is 1. The first-order valence-corrected chi connectivity index (χ1v) is 5.95. The van der Waals surface area contributed by atoms with Gasteiger partial charge in [-0.15, -0.1) is 0 Å². The van der Waals surface area contributed by atoms with Crippen molar-refractivity contribution >= 4 is 11.6 Å². The van der Waals surface area contributed by atoms with Crippen molar-refractivity contribution < 1.29 is 4.79 Å². The van der Waals surface area contributed by atoms with Crippen LogP contribution in [0.4, 0.5) is 5.69 Å². The van der Waals surface area contributed by atoms with E-state index in [0.717, 1.165) is 25.1 Å². The third-order valence-electron chi connectivity index (χ3n) is 2.92. The molecule has 0 radical (unpaired) electrons. The van der Waals surface area contributed by atoms with Gasteiger partial charge in [-0.1, -0.05) is 31.0 Å². The largest absolute Gasteiger partial charge is 0.325 e. The number of hydrogen-bond donors (Lipinski definition) is 2. The molecular weight excluding hydrogens is 200 g/mol. The Labute approximate surface area is 96.2 Å². The van der Waals surface area contributed by atoms with Gasteiger partial charge in [0, 0.05) is 5.69 Å². The zero-order chi connectivity index (χ0) is 11.2. The van der Waals surface area contributed by atoms with Crippen LogP contribution >= 0.6 is 0 Å². The Morgan fingerprint density at radius 2 is 2.00 bits per heavy atom. The lowest BCUT2D eigenvalue weighted by atomic mass is 10.1. The van der Waals surface area contributed by atoms with Gasteiger partial charge in [-0.25, -0.2) is 0 Å². The van der Waals surface area contributed by atoms with E-state index in [1.807, 2.05) is 30.3 Å². The lowest BCUT2D eigenvalue weighted by Crippen LogP contribution is -2.39. The van der Waals surface area contributed by atoms with Gasteiger partial charge in [-0.3, -0.25) is 4.79 Å². The normalized spacial score (nSPS) is 21.1.